The van der Waals surface area contributed by atoms with Crippen LogP contribution in [0.15, 0.2) is 34.1 Å². The first-order valence-electron chi connectivity index (χ1n) is 6.10. The van der Waals surface area contributed by atoms with Gasteiger partial charge in [0.1, 0.15) is 0 Å². The van der Waals surface area contributed by atoms with Crippen LogP contribution in [0.5, 0.6) is 0 Å². The fourth-order valence-electron chi connectivity index (χ4n) is 1.63. The van der Waals surface area contributed by atoms with Gasteiger partial charge in [0.05, 0.1) is 9.79 Å². The first kappa shape index (κ1) is 17.4. The van der Waals surface area contributed by atoms with Gasteiger partial charge in [0.15, 0.2) is 0 Å². The number of hydrogen-bond acceptors (Lipinski definition) is 4. The van der Waals surface area contributed by atoms with E-state index in [1.54, 1.807) is 0 Å². The molecule has 0 radical (unpaired) electrons. The summed E-state index contributed by atoms with van der Waals surface area (Å²) in [6.07, 6.45) is 0.857. The lowest BCUT2D eigenvalue weighted by Gasteiger charge is -2.20. The molecule has 1 aromatic rings. The number of nitrogens with zero attached hydrogens (tertiary/aromatic N) is 1. The quantitative estimate of drug-likeness (QED) is 0.745. The number of sulfonamides is 1. The lowest BCUT2D eigenvalue weighted by Crippen LogP contribution is -2.31. The molecule has 0 bridgehead atoms. The maximum atomic E-state index is 12.4. The van der Waals surface area contributed by atoms with Crippen molar-refractivity contribution in [3.8, 4) is 0 Å². The minimum Gasteiger partial charge on any atom is -0.207 e. The van der Waals surface area contributed by atoms with Crippen molar-refractivity contribution < 1.29 is 16.8 Å². The topological polar surface area (TPSA) is 71.5 Å². The van der Waals surface area contributed by atoms with Crippen LogP contribution in [0, 0.1) is 5.92 Å². The van der Waals surface area contributed by atoms with Crippen molar-refractivity contribution in [2.75, 3.05) is 13.6 Å². The van der Waals surface area contributed by atoms with E-state index in [1.807, 2.05) is 13.8 Å². The third-order valence-electron chi connectivity index (χ3n) is 3.06. The highest BCUT2D eigenvalue weighted by Gasteiger charge is 2.23. The van der Waals surface area contributed by atoms with Gasteiger partial charge in [-0.2, -0.15) is 0 Å². The Balaban J connectivity index is 3.16. The van der Waals surface area contributed by atoms with Crippen LogP contribution >= 0.6 is 10.7 Å². The first-order chi connectivity index (χ1) is 9.09. The second-order valence-electron chi connectivity index (χ2n) is 4.71. The molecule has 0 aliphatic carbocycles. The van der Waals surface area contributed by atoms with E-state index in [4.69, 9.17) is 10.7 Å². The second-order valence-corrected chi connectivity index (χ2v) is 9.32. The predicted molar refractivity (Wildman–Crippen MR) is 78.8 cm³/mol. The summed E-state index contributed by atoms with van der Waals surface area (Å²) < 4.78 is 48.5. The number of benzene rings is 1. The van der Waals surface area contributed by atoms with E-state index in [0.29, 0.717) is 6.54 Å². The summed E-state index contributed by atoms with van der Waals surface area (Å²) in [6, 6.07) is 5.05. The lowest BCUT2D eigenvalue weighted by atomic mass is 10.1. The molecule has 0 aromatic heterocycles. The van der Waals surface area contributed by atoms with Crippen molar-refractivity contribution >= 4 is 29.8 Å². The Morgan fingerprint density at radius 2 is 1.75 bits per heavy atom. The zero-order chi connectivity index (χ0) is 15.6. The van der Waals surface area contributed by atoms with E-state index in [0.717, 1.165) is 12.5 Å². The fourth-order valence-corrected chi connectivity index (χ4v) is 3.84. The summed E-state index contributed by atoms with van der Waals surface area (Å²) in [5.41, 5.74) is 0. The summed E-state index contributed by atoms with van der Waals surface area (Å²) in [5, 5.41) is 0. The van der Waals surface area contributed by atoms with E-state index < -0.39 is 19.1 Å². The molecule has 5 nitrogen and oxygen atoms in total. The SMILES string of the molecule is CCC(C)CN(C)S(=O)(=O)c1cccc(S(=O)(=O)Cl)c1. The summed E-state index contributed by atoms with van der Waals surface area (Å²) >= 11 is 0. The Kier molecular flexibility index (Phi) is 5.60. The van der Waals surface area contributed by atoms with Crippen molar-refractivity contribution in [3.63, 3.8) is 0 Å². The van der Waals surface area contributed by atoms with Crippen LogP contribution in [-0.4, -0.2) is 34.7 Å². The lowest BCUT2D eigenvalue weighted by molar-refractivity contribution is 0.393. The monoisotopic (exact) mass is 339 g/mol. The highest BCUT2D eigenvalue weighted by molar-refractivity contribution is 8.13. The molecular weight excluding hydrogens is 322 g/mol. The molecule has 1 atom stereocenters. The third-order valence-corrected chi connectivity index (χ3v) is 6.23. The molecule has 1 rings (SSSR count). The van der Waals surface area contributed by atoms with Crippen molar-refractivity contribution in [2.24, 2.45) is 5.92 Å². The molecule has 0 amide bonds. The molecule has 1 unspecified atom stereocenters. The van der Waals surface area contributed by atoms with Crippen LogP contribution in [0.25, 0.3) is 0 Å². The largest absolute Gasteiger partial charge is 0.261 e. The van der Waals surface area contributed by atoms with Gasteiger partial charge in [0.25, 0.3) is 9.05 Å². The van der Waals surface area contributed by atoms with Crippen LogP contribution in [0.2, 0.25) is 0 Å². The zero-order valence-corrected chi connectivity index (χ0v) is 14.0. The maximum Gasteiger partial charge on any atom is 0.261 e. The summed E-state index contributed by atoms with van der Waals surface area (Å²) in [5.74, 6) is 0.217. The highest BCUT2D eigenvalue weighted by Crippen LogP contribution is 2.22. The van der Waals surface area contributed by atoms with E-state index >= 15 is 0 Å². The predicted octanol–water partition coefficient (Wildman–Crippen LogP) is 2.28. The molecular formula is C12H18ClNO4S2. The number of hydrogen-bond donors (Lipinski definition) is 0. The van der Waals surface area contributed by atoms with Crippen LogP contribution in [0.4, 0.5) is 0 Å². The molecule has 0 aliphatic heterocycles. The average molecular weight is 340 g/mol. The van der Waals surface area contributed by atoms with Crippen molar-refractivity contribution in [3.05, 3.63) is 24.3 Å². The van der Waals surface area contributed by atoms with Gasteiger partial charge in [-0.3, -0.25) is 0 Å². The number of halogens is 1. The Bertz CT molecular complexity index is 670. The van der Waals surface area contributed by atoms with Gasteiger partial charge in [-0.05, 0) is 24.1 Å². The minimum atomic E-state index is -3.95. The Morgan fingerprint density at radius 3 is 2.25 bits per heavy atom. The molecule has 20 heavy (non-hydrogen) atoms. The standard InChI is InChI=1S/C12H18ClNO4S2/c1-4-10(2)9-14(3)20(17,18)12-7-5-6-11(8-12)19(13,15)16/h5-8,10H,4,9H2,1-3H3. The average Bonchev–Trinajstić information content (AvgIpc) is 2.37. The second kappa shape index (κ2) is 6.43. The molecule has 0 N–H and O–H groups in total. The van der Waals surface area contributed by atoms with Crippen LogP contribution in [0.3, 0.4) is 0 Å². The molecule has 1 aromatic carbocycles. The van der Waals surface area contributed by atoms with Gasteiger partial charge < -0.3 is 0 Å². The molecule has 0 spiro atoms. The Morgan fingerprint density at radius 1 is 1.20 bits per heavy atom. The molecule has 0 saturated heterocycles. The highest BCUT2D eigenvalue weighted by atomic mass is 35.7. The van der Waals surface area contributed by atoms with E-state index in [9.17, 15) is 16.8 Å². The van der Waals surface area contributed by atoms with Gasteiger partial charge in [0.2, 0.25) is 10.0 Å². The van der Waals surface area contributed by atoms with E-state index in [2.05, 4.69) is 0 Å². The fraction of sp³-hybridized carbons (Fsp3) is 0.500. The summed E-state index contributed by atoms with van der Waals surface area (Å²) in [4.78, 5) is -0.304. The normalized spacial score (nSPS) is 14.4. The van der Waals surface area contributed by atoms with Gasteiger partial charge in [-0.1, -0.05) is 26.3 Å². The molecule has 0 saturated carbocycles. The van der Waals surface area contributed by atoms with Crippen molar-refractivity contribution in [2.45, 2.75) is 30.1 Å². The summed E-state index contributed by atoms with van der Waals surface area (Å²) in [7, 11) is -0.960. The minimum absolute atomic E-state index is 0.0787. The molecule has 0 fully saturated rings. The third kappa shape index (κ3) is 4.18. The van der Waals surface area contributed by atoms with Crippen LogP contribution < -0.4 is 0 Å². The number of rotatable bonds is 6. The molecule has 0 aliphatic rings. The van der Waals surface area contributed by atoms with Crippen molar-refractivity contribution in [1.82, 2.24) is 4.31 Å². The zero-order valence-electron chi connectivity index (χ0n) is 11.6. The van der Waals surface area contributed by atoms with Crippen LogP contribution in [-0.2, 0) is 19.1 Å². The molecule has 0 heterocycles. The molecule has 114 valence electrons. The Hall–Kier alpha value is -0.630. The van der Waals surface area contributed by atoms with Gasteiger partial charge >= 0.3 is 0 Å². The Labute approximate surface area is 125 Å². The van der Waals surface area contributed by atoms with Crippen molar-refractivity contribution in [1.29, 1.82) is 0 Å². The van der Waals surface area contributed by atoms with Crippen LogP contribution in [0.1, 0.15) is 20.3 Å². The van der Waals surface area contributed by atoms with Gasteiger partial charge in [-0.25, -0.2) is 21.1 Å². The maximum absolute atomic E-state index is 12.4. The smallest absolute Gasteiger partial charge is 0.207 e. The van der Waals surface area contributed by atoms with Gasteiger partial charge in [-0.15, -0.1) is 0 Å². The van der Waals surface area contributed by atoms with E-state index in [-0.39, 0.29) is 15.7 Å². The molecule has 8 heteroatoms. The van der Waals surface area contributed by atoms with Gasteiger partial charge in [0, 0.05) is 24.3 Å². The summed E-state index contributed by atoms with van der Waals surface area (Å²) in [6.45, 7) is 4.30. The first-order valence-corrected chi connectivity index (χ1v) is 9.85. The van der Waals surface area contributed by atoms with E-state index in [1.165, 1.54) is 29.6 Å².